The Hall–Kier alpha value is -2.24. The number of hydrogen-bond donors (Lipinski definition) is 1. The average molecular weight is 446 g/mol. The van der Waals surface area contributed by atoms with Crippen LogP contribution in [0.2, 0.25) is 5.02 Å². The Kier molecular flexibility index (Phi) is 7.50. The van der Waals surface area contributed by atoms with Crippen molar-refractivity contribution in [3.05, 3.63) is 53.1 Å². The van der Waals surface area contributed by atoms with Gasteiger partial charge in [0.05, 0.1) is 29.8 Å². The van der Waals surface area contributed by atoms with Gasteiger partial charge in [0.25, 0.3) is 0 Å². The summed E-state index contributed by atoms with van der Waals surface area (Å²) in [4.78, 5) is 13.4. The number of anilines is 1. The van der Waals surface area contributed by atoms with E-state index in [1.54, 1.807) is 26.4 Å². The molecule has 1 amide bonds. The van der Waals surface area contributed by atoms with Gasteiger partial charge in [-0.15, -0.1) is 0 Å². The molecule has 2 aromatic rings. The van der Waals surface area contributed by atoms with Crippen LogP contribution < -0.4 is 14.8 Å². The van der Waals surface area contributed by atoms with Crippen molar-refractivity contribution in [2.75, 3.05) is 26.1 Å². The van der Waals surface area contributed by atoms with E-state index in [-0.39, 0.29) is 11.5 Å². The fourth-order valence-corrected chi connectivity index (χ4v) is 4.23. The number of ether oxygens (including phenoxy) is 3. The minimum absolute atomic E-state index is 0.00162. The monoisotopic (exact) mass is 445 g/mol. The molecular weight excluding hydrogens is 414 g/mol. The van der Waals surface area contributed by atoms with E-state index >= 15 is 0 Å². The summed E-state index contributed by atoms with van der Waals surface area (Å²) in [6.45, 7) is 4.52. The third-order valence-corrected chi connectivity index (χ3v) is 6.53. The van der Waals surface area contributed by atoms with Crippen molar-refractivity contribution in [1.29, 1.82) is 0 Å². The molecule has 0 radical (unpaired) electrons. The molecular formula is C25H32ClNO4. The number of carbonyl (C=O) groups is 1. The van der Waals surface area contributed by atoms with Gasteiger partial charge < -0.3 is 19.5 Å². The normalized spacial score (nSPS) is 15.5. The number of rotatable bonds is 9. The van der Waals surface area contributed by atoms with Crippen LogP contribution >= 0.6 is 11.6 Å². The molecule has 6 heteroatoms. The van der Waals surface area contributed by atoms with Crippen LogP contribution in [0.5, 0.6) is 11.5 Å². The molecule has 0 spiro atoms. The molecule has 0 bridgehead atoms. The van der Waals surface area contributed by atoms with Gasteiger partial charge in [-0.25, -0.2) is 0 Å². The molecule has 31 heavy (non-hydrogen) atoms. The molecule has 2 aromatic carbocycles. The molecule has 0 saturated heterocycles. The highest BCUT2D eigenvalue weighted by molar-refractivity contribution is 6.32. The summed E-state index contributed by atoms with van der Waals surface area (Å²) in [6.07, 6.45) is 4.46. The van der Waals surface area contributed by atoms with Gasteiger partial charge in [0.2, 0.25) is 5.91 Å². The zero-order chi connectivity index (χ0) is 22.5. The van der Waals surface area contributed by atoms with Crippen LogP contribution in [0.15, 0.2) is 42.5 Å². The molecule has 1 aliphatic rings. The maximum Gasteiger partial charge on any atom is 0.235 e. The highest BCUT2D eigenvalue weighted by atomic mass is 35.5. The van der Waals surface area contributed by atoms with Crippen molar-refractivity contribution in [2.45, 2.75) is 57.0 Å². The minimum atomic E-state index is -0.528. The molecule has 1 aliphatic carbocycles. The number of hydrogen-bond acceptors (Lipinski definition) is 4. The van der Waals surface area contributed by atoms with Gasteiger partial charge in [0.15, 0.2) is 0 Å². The molecule has 3 rings (SSSR count). The van der Waals surface area contributed by atoms with Crippen LogP contribution in [0.3, 0.4) is 0 Å². The lowest BCUT2D eigenvalue weighted by atomic mass is 9.78. The van der Waals surface area contributed by atoms with E-state index in [4.69, 9.17) is 25.8 Å². The van der Waals surface area contributed by atoms with Crippen molar-refractivity contribution >= 4 is 23.2 Å². The highest BCUT2D eigenvalue weighted by Crippen LogP contribution is 2.42. The van der Waals surface area contributed by atoms with E-state index in [9.17, 15) is 4.79 Å². The Labute approximate surface area is 190 Å². The van der Waals surface area contributed by atoms with E-state index in [1.807, 2.05) is 44.2 Å². The predicted octanol–water partition coefficient (Wildman–Crippen LogP) is 5.99. The standard InChI is InChI=1S/C25H32ClNO4/c1-24(2,30-4)15-16-31-22-12-9-19(17-21(22)26)27-23(28)25(13-5-6-14-25)18-7-10-20(29-3)11-8-18/h7-12,17H,5-6,13-16H2,1-4H3,(H,27,28). The average Bonchev–Trinajstić information content (AvgIpc) is 3.26. The van der Waals surface area contributed by atoms with E-state index in [1.165, 1.54) is 0 Å². The Morgan fingerprint density at radius 3 is 2.35 bits per heavy atom. The summed E-state index contributed by atoms with van der Waals surface area (Å²) in [5.41, 5.74) is 0.909. The summed E-state index contributed by atoms with van der Waals surface area (Å²) in [7, 11) is 3.33. The van der Waals surface area contributed by atoms with Gasteiger partial charge in [0, 0.05) is 19.2 Å². The van der Waals surface area contributed by atoms with Crippen molar-refractivity contribution < 1.29 is 19.0 Å². The number of halogens is 1. The largest absolute Gasteiger partial charge is 0.497 e. The summed E-state index contributed by atoms with van der Waals surface area (Å²) < 4.78 is 16.5. The molecule has 0 heterocycles. The quantitative estimate of drug-likeness (QED) is 0.514. The van der Waals surface area contributed by atoms with Gasteiger partial charge in [-0.2, -0.15) is 0 Å². The SMILES string of the molecule is COc1ccc(C2(C(=O)Nc3ccc(OCCC(C)(C)OC)c(Cl)c3)CCCC2)cc1. The number of nitrogens with one attached hydrogen (secondary N) is 1. The Morgan fingerprint density at radius 1 is 1.10 bits per heavy atom. The van der Waals surface area contributed by atoms with Crippen LogP contribution in [0, 0.1) is 0 Å². The van der Waals surface area contributed by atoms with E-state index in [2.05, 4.69) is 5.32 Å². The lowest BCUT2D eigenvalue weighted by molar-refractivity contribution is -0.121. The first-order chi connectivity index (χ1) is 14.8. The number of methoxy groups -OCH3 is 2. The number of benzene rings is 2. The Bertz CT molecular complexity index is 889. The molecule has 1 N–H and O–H groups in total. The predicted molar refractivity (Wildman–Crippen MR) is 124 cm³/mol. The molecule has 1 saturated carbocycles. The summed E-state index contributed by atoms with van der Waals surface area (Å²) in [5, 5.41) is 3.55. The molecule has 0 unspecified atom stereocenters. The van der Waals surface area contributed by atoms with Crippen molar-refractivity contribution in [1.82, 2.24) is 0 Å². The summed E-state index contributed by atoms with van der Waals surface area (Å²) in [6, 6.07) is 13.2. The third-order valence-electron chi connectivity index (χ3n) is 6.24. The van der Waals surface area contributed by atoms with Crippen molar-refractivity contribution in [3.8, 4) is 11.5 Å². The smallest absolute Gasteiger partial charge is 0.235 e. The topological polar surface area (TPSA) is 56.8 Å². The van der Waals surface area contributed by atoms with Crippen molar-refractivity contribution in [2.24, 2.45) is 0 Å². The summed E-state index contributed by atoms with van der Waals surface area (Å²) in [5.74, 6) is 1.38. The van der Waals surface area contributed by atoms with Crippen LogP contribution in [-0.4, -0.2) is 32.3 Å². The molecule has 0 aromatic heterocycles. The first-order valence-electron chi connectivity index (χ1n) is 10.7. The van der Waals surface area contributed by atoms with E-state index < -0.39 is 5.41 Å². The second kappa shape index (κ2) is 9.92. The first kappa shape index (κ1) is 23.4. The zero-order valence-corrected chi connectivity index (χ0v) is 19.6. The van der Waals surface area contributed by atoms with Gasteiger partial charge in [-0.3, -0.25) is 4.79 Å². The third kappa shape index (κ3) is 5.52. The zero-order valence-electron chi connectivity index (χ0n) is 18.8. The maximum absolute atomic E-state index is 13.4. The second-order valence-electron chi connectivity index (χ2n) is 8.68. The van der Waals surface area contributed by atoms with Crippen LogP contribution in [0.1, 0.15) is 51.5 Å². The lowest BCUT2D eigenvalue weighted by Gasteiger charge is -2.28. The second-order valence-corrected chi connectivity index (χ2v) is 9.09. The summed E-state index contributed by atoms with van der Waals surface area (Å²) >= 11 is 6.42. The Morgan fingerprint density at radius 2 is 1.77 bits per heavy atom. The lowest BCUT2D eigenvalue weighted by Crippen LogP contribution is -2.38. The molecule has 168 valence electrons. The van der Waals surface area contributed by atoms with E-state index in [0.717, 1.165) is 43.4 Å². The fraction of sp³-hybridized carbons (Fsp3) is 0.480. The van der Waals surface area contributed by atoms with Crippen LogP contribution in [-0.2, 0) is 14.9 Å². The van der Waals surface area contributed by atoms with Crippen molar-refractivity contribution in [3.63, 3.8) is 0 Å². The fourth-order valence-electron chi connectivity index (χ4n) is 3.99. The minimum Gasteiger partial charge on any atom is -0.497 e. The van der Waals surface area contributed by atoms with E-state index in [0.29, 0.717) is 23.1 Å². The maximum atomic E-state index is 13.4. The highest BCUT2D eigenvalue weighted by Gasteiger charge is 2.42. The van der Waals surface area contributed by atoms with Gasteiger partial charge in [-0.1, -0.05) is 36.6 Å². The Balaban J connectivity index is 1.70. The molecule has 5 nitrogen and oxygen atoms in total. The molecule has 0 atom stereocenters. The van der Waals surface area contributed by atoms with Gasteiger partial charge >= 0.3 is 0 Å². The van der Waals surface area contributed by atoms with Gasteiger partial charge in [-0.05, 0) is 62.6 Å². The molecule has 1 fully saturated rings. The van der Waals surface area contributed by atoms with Crippen LogP contribution in [0.4, 0.5) is 5.69 Å². The van der Waals surface area contributed by atoms with Gasteiger partial charge in [0.1, 0.15) is 11.5 Å². The number of carbonyl (C=O) groups excluding carboxylic acids is 1. The van der Waals surface area contributed by atoms with Crippen LogP contribution in [0.25, 0.3) is 0 Å². The molecule has 0 aliphatic heterocycles. The number of amides is 1. The first-order valence-corrected chi connectivity index (χ1v) is 11.1.